The molecule has 0 aliphatic rings. The van der Waals surface area contributed by atoms with Gasteiger partial charge in [0.1, 0.15) is 11.6 Å². The van der Waals surface area contributed by atoms with Crippen LogP contribution in [0.1, 0.15) is 28.0 Å². The molecule has 9 nitrogen and oxygen atoms in total. The highest BCUT2D eigenvalue weighted by atomic mass is 32.1. The van der Waals surface area contributed by atoms with Gasteiger partial charge in [-0.1, -0.05) is 24.3 Å². The van der Waals surface area contributed by atoms with E-state index < -0.39 is 10.9 Å². The van der Waals surface area contributed by atoms with Crippen molar-refractivity contribution >= 4 is 28.0 Å². The number of nitro groups is 1. The molecule has 0 spiro atoms. The normalized spacial score (nSPS) is 10.8. The van der Waals surface area contributed by atoms with E-state index in [0.29, 0.717) is 11.4 Å². The van der Waals surface area contributed by atoms with E-state index in [1.807, 2.05) is 6.92 Å². The molecule has 0 bridgehead atoms. The second-order valence-corrected chi connectivity index (χ2v) is 6.05. The van der Waals surface area contributed by atoms with E-state index in [-0.39, 0.29) is 29.1 Å². The molecule has 0 fully saturated rings. The van der Waals surface area contributed by atoms with E-state index in [1.54, 1.807) is 0 Å². The van der Waals surface area contributed by atoms with Crippen molar-refractivity contribution in [2.45, 2.75) is 20.0 Å². The van der Waals surface area contributed by atoms with Crippen LogP contribution in [0, 0.1) is 10.1 Å². The number of aryl methyl sites for hydroxylation is 1. The Morgan fingerprint density at radius 2 is 2.20 bits per heavy atom. The molecular weight excluding hydrogens is 348 g/mol. The number of hydrogen-bond donors (Lipinski definition) is 0. The maximum atomic E-state index is 12.0. The molecule has 0 saturated heterocycles. The minimum absolute atomic E-state index is 0.0538. The van der Waals surface area contributed by atoms with Gasteiger partial charge in [0, 0.05) is 18.2 Å². The van der Waals surface area contributed by atoms with Gasteiger partial charge in [-0.05, 0) is 12.5 Å². The molecule has 3 aromatic rings. The van der Waals surface area contributed by atoms with E-state index in [9.17, 15) is 19.7 Å². The second-order valence-electron chi connectivity index (χ2n) is 5.01. The molecule has 0 N–H and O–H groups in total. The number of ether oxygens (including phenoxy) is 1. The number of nitro benzene ring substituents is 1. The Hall–Kier alpha value is -3.14. The highest BCUT2D eigenvalue weighted by Crippen LogP contribution is 2.15. The molecule has 0 atom stereocenters. The summed E-state index contributed by atoms with van der Waals surface area (Å²) >= 11 is 1.29. The summed E-state index contributed by atoms with van der Waals surface area (Å²) in [4.78, 5) is 38.9. The van der Waals surface area contributed by atoms with Gasteiger partial charge in [0.05, 0.1) is 16.2 Å². The number of fused-ring (bicyclic) bond motifs is 1. The third-order valence-corrected chi connectivity index (χ3v) is 4.34. The van der Waals surface area contributed by atoms with Crippen molar-refractivity contribution in [1.82, 2.24) is 14.6 Å². The molecular formula is C15H12N4O5S. The van der Waals surface area contributed by atoms with Gasteiger partial charge in [0.25, 0.3) is 11.2 Å². The Morgan fingerprint density at radius 3 is 2.92 bits per heavy atom. The minimum Gasteiger partial charge on any atom is -0.456 e. The van der Waals surface area contributed by atoms with Crippen LogP contribution < -0.4 is 5.56 Å². The average molecular weight is 360 g/mol. The van der Waals surface area contributed by atoms with Crippen LogP contribution in [0.2, 0.25) is 0 Å². The van der Waals surface area contributed by atoms with Gasteiger partial charge in [-0.15, -0.1) is 0 Å². The zero-order valence-electron chi connectivity index (χ0n) is 13.0. The summed E-state index contributed by atoms with van der Waals surface area (Å²) in [5.74, 6) is -0.732. The third kappa shape index (κ3) is 3.53. The Bertz CT molecular complexity index is 1030. The van der Waals surface area contributed by atoms with Crippen molar-refractivity contribution < 1.29 is 14.5 Å². The van der Waals surface area contributed by atoms with Crippen LogP contribution in [0.4, 0.5) is 5.69 Å². The topological polar surface area (TPSA) is 117 Å². The van der Waals surface area contributed by atoms with Crippen molar-refractivity contribution in [1.29, 1.82) is 0 Å². The first-order valence-corrected chi connectivity index (χ1v) is 8.10. The number of non-ortho nitro benzene ring substituents is 1. The van der Waals surface area contributed by atoms with Crippen LogP contribution in [0.5, 0.6) is 0 Å². The predicted molar refractivity (Wildman–Crippen MR) is 88.7 cm³/mol. The van der Waals surface area contributed by atoms with Crippen LogP contribution in [0.3, 0.4) is 0 Å². The number of esters is 1. The van der Waals surface area contributed by atoms with Crippen LogP contribution in [0.15, 0.2) is 35.1 Å². The summed E-state index contributed by atoms with van der Waals surface area (Å²) in [5, 5.41) is 15.6. The summed E-state index contributed by atoms with van der Waals surface area (Å²) in [5.41, 5.74) is -0.223. The van der Waals surface area contributed by atoms with Crippen molar-refractivity contribution in [3.05, 3.63) is 67.1 Å². The molecule has 2 heterocycles. The lowest BCUT2D eigenvalue weighted by Crippen LogP contribution is -2.16. The van der Waals surface area contributed by atoms with Gasteiger partial charge in [-0.2, -0.15) is 9.61 Å². The van der Waals surface area contributed by atoms with Crippen LogP contribution in [0.25, 0.3) is 4.96 Å². The second kappa shape index (κ2) is 6.77. The number of carbonyl (C=O) groups is 1. The van der Waals surface area contributed by atoms with Crippen molar-refractivity contribution in [3.63, 3.8) is 0 Å². The number of carbonyl (C=O) groups excluding carboxylic acids is 1. The number of nitrogens with zero attached hydrogens (tertiary/aromatic N) is 4. The molecule has 2 aromatic heterocycles. The summed E-state index contributed by atoms with van der Waals surface area (Å²) in [6.07, 6.45) is 0.685. The average Bonchev–Trinajstić information content (AvgIpc) is 3.03. The molecule has 1 aromatic carbocycles. The fourth-order valence-electron chi connectivity index (χ4n) is 2.08. The third-order valence-electron chi connectivity index (χ3n) is 3.29. The first-order valence-electron chi connectivity index (χ1n) is 7.28. The van der Waals surface area contributed by atoms with E-state index in [4.69, 9.17) is 4.74 Å². The number of rotatable bonds is 5. The maximum absolute atomic E-state index is 12.0. The Balaban J connectivity index is 1.78. The quantitative estimate of drug-likeness (QED) is 0.388. The molecule has 0 amide bonds. The van der Waals surface area contributed by atoms with E-state index in [1.165, 1.54) is 40.1 Å². The fraction of sp³-hybridized carbons (Fsp3) is 0.200. The van der Waals surface area contributed by atoms with E-state index >= 15 is 0 Å². The van der Waals surface area contributed by atoms with Gasteiger partial charge in [-0.3, -0.25) is 14.9 Å². The first-order chi connectivity index (χ1) is 12.0. The van der Waals surface area contributed by atoms with Gasteiger partial charge in [0.15, 0.2) is 0 Å². The zero-order chi connectivity index (χ0) is 18.0. The lowest BCUT2D eigenvalue weighted by atomic mass is 10.2. The standard InChI is InChI=1S/C15H12N4O5S/c1-2-12-17-18-13(20)7-10(16-15(18)25-12)8-24-14(21)9-4-3-5-11(6-9)19(22)23/h3-7H,2,8H2,1H3. The highest BCUT2D eigenvalue weighted by Gasteiger charge is 2.14. The molecule has 3 rings (SSSR count). The predicted octanol–water partition coefficient (Wildman–Crippen LogP) is 1.98. The number of hydrogen-bond acceptors (Lipinski definition) is 8. The number of aromatic nitrogens is 3. The van der Waals surface area contributed by atoms with Crippen LogP contribution >= 0.6 is 11.3 Å². The van der Waals surface area contributed by atoms with Crippen LogP contribution in [-0.2, 0) is 17.8 Å². The lowest BCUT2D eigenvalue weighted by molar-refractivity contribution is -0.384. The highest BCUT2D eigenvalue weighted by molar-refractivity contribution is 7.16. The van der Waals surface area contributed by atoms with Gasteiger partial charge >= 0.3 is 5.97 Å². The van der Waals surface area contributed by atoms with Crippen LogP contribution in [-0.4, -0.2) is 25.5 Å². The Morgan fingerprint density at radius 1 is 1.40 bits per heavy atom. The van der Waals surface area contributed by atoms with Crippen molar-refractivity contribution in [2.24, 2.45) is 0 Å². The molecule has 0 radical (unpaired) electrons. The summed E-state index contributed by atoms with van der Waals surface area (Å²) < 4.78 is 6.30. The summed E-state index contributed by atoms with van der Waals surface area (Å²) in [6.45, 7) is 1.71. The van der Waals surface area contributed by atoms with Crippen molar-refractivity contribution in [3.8, 4) is 0 Å². The van der Waals surface area contributed by atoms with E-state index in [0.717, 1.165) is 11.1 Å². The zero-order valence-corrected chi connectivity index (χ0v) is 13.9. The first kappa shape index (κ1) is 16.7. The SMILES string of the molecule is CCc1nn2c(=O)cc(COC(=O)c3cccc([N+](=O)[O-])c3)nc2s1. The molecule has 10 heteroatoms. The van der Waals surface area contributed by atoms with E-state index in [2.05, 4.69) is 10.1 Å². The smallest absolute Gasteiger partial charge is 0.338 e. The Labute approximate surface area is 144 Å². The number of benzene rings is 1. The summed E-state index contributed by atoms with van der Waals surface area (Å²) in [7, 11) is 0. The largest absolute Gasteiger partial charge is 0.456 e. The maximum Gasteiger partial charge on any atom is 0.338 e. The fourth-order valence-corrected chi connectivity index (χ4v) is 2.94. The monoisotopic (exact) mass is 360 g/mol. The summed E-state index contributed by atoms with van der Waals surface area (Å²) in [6, 6.07) is 6.46. The molecule has 25 heavy (non-hydrogen) atoms. The molecule has 128 valence electrons. The molecule has 0 aliphatic heterocycles. The minimum atomic E-state index is -0.732. The van der Waals surface area contributed by atoms with Gasteiger partial charge < -0.3 is 4.74 Å². The Kier molecular flexibility index (Phi) is 4.52. The molecule has 0 unspecified atom stereocenters. The van der Waals surface area contributed by atoms with Gasteiger partial charge in [0.2, 0.25) is 4.96 Å². The van der Waals surface area contributed by atoms with Gasteiger partial charge in [-0.25, -0.2) is 9.78 Å². The molecule has 0 aliphatic carbocycles. The van der Waals surface area contributed by atoms with Crippen molar-refractivity contribution in [2.75, 3.05) is 0 Å². The molecule has 0 saturated carbocycles. The lowest BCUT2D eigenvalue weighted by Gasteiger charge is -2.04.